The summed E-state index contributed by atoms with van der Waals surface area (Å²) in [7, 11) is 0. The van der Waals surface area contributed by atoms with Gasteiger partial charge in [-0.1, -0.05) is 48.5 Å². The van der Waals surface area contributed by atoms with Crippen LogP contribution in [-0.2, 0) is 38.4 Å². The van der Waals surface area contributed by atoms with Crippen LogP contribution in [-0.4, -0.2) is 79.4 Å². The molecule has 0 aliphatic carbocycles. The van der Waals surface area contributed by atoms with E-state index in [1.807, 2.05) is 54.6 Å². The van der Waals surface area contributed by atoms with Crippen LogP contribution < -0.4 is 16.4 Å². The lowest BCUT2D eigenvalue weighted by molar-refractivity contribution is -0.143. The molecular formula is C31H35N7O5. The van der Waals surface area contributed by atoms with Crippen LogP contribution in [0, 0.1) is 0 Å². The predicted molar refractivity (Wildman–Crippen MR) is 159 cm³/mol. The highest BCUT2D eigenvalue weighted by Gasteiger charge is 2.38. The van der Waals surface area contributed by atoms with Crippen LogP contribution >= 0.6 is 0 Å². The molecule has 3 amide bonds. The highest BCUT2D eigenvalue weighted by Crippen LogP contribution is 2.22. The third-order valence-corrected chi connectivity index (χ3v) is 7.78. The minimum Gasteiger partial charge on any atom is -0.480 e. The van der Waals surface area contributed by atoms with Crippen molar-refractivity contribution in [2.75, 3.05) is 6.54 Å². The summed E-state index contributed by atoms with van der Waals surface area (Å²) in [5, 5.41) is 16.1. The van der Waals surface area contributed by atoms with Gasteiger partial charge >= 0.3 is 5.97 Å². The average Bonchev–Trinajstić information content (AvgIpc) is 3.78. The summed E-state index contributed by atoms with van der Waals surface area (Å²) in [5.41, 5.74) is 9.37. The molecular weight excluding hydrogens is 550 g/mol. The van der Waals surface area contributed by atoms with E-state index >= 15 is 0 Å². The fraction of sp³-hybridized carbons (Fsp3) is 0.323. The lowest BCUT2D eigenvalue weighted by Gasteiger charge is -2.28. The molecule has 1 aliphatic heterocycles. The molecule has 2 aromatic heterocycles. The number of carbonyl (C=O) groups excluding carboxylic acids is 3. The van der Waals surface area contributed by atoms with Gasteiger partial charge in [-0.2, -0.15) is 0 Å². The van der Waals surface area contributed by atoms with Crippen molar-refractivity contribution in [3.05, 3.63) is 90.1 Å². The highest BCUT2D eigenvalue weighted by molar-refractivity contribution is 5.95. The Hall–Kier alpha value is -4.97. The number of fused-ring (bicyclic) bond motifs is 1. The molecule has 7 N–H and O–H groups in total. The molecule has 5 rings (SSSR count). The smallest absolute Gasteiger partial charge is 0.326 e. The Morgan fingerprint density at radius 2 is 1.74 bits per heavy atom. The van der Waals surface area contributed by atoms with Crippen LogP contribution in [0.4, 0.5) is 0 Å². The number of imidazole rings is 1. The molecule has 4 atom stereocenters. The SMILES string of the molecule is NC(Cc1ccccc1)C(=O)N1CCCC1C(=O)NC(Cc1c[nH]c2ccccc12)C(=O)NC(Cc1cnc[nH]1)C(=O)O. The monoisotopic (exact) mass is 585 g/mol. The number of nitrogens with two attached hydrogens (primary N) is 1. The van der Waals surface area contributed by atoms with Crippen molar-refractivity contribution in [3.8, 4) is 0 Å². The van der Waals surface area contributed by atoms with E-state index in [0.29, 0.717) is 31.5 Å². The second-order valence-corrected chi connectivity index (χ2v) is 10.8. The standard InChI is InChI=1S/C31H35N7O5/c32-23(13-19-7-2-1-3-8-19)30(41)38-12-6-11-27(38)29(40)36-25(14-20-16-34-24-10-5-4-9-22(20)24)28(39)37-26(31(42)43)15-21-17-33-18-35-21/h1-5,7-10,16-18,23,25-27,34H,6,11-15,32H2,(H,33,35)(H,36,40)(H,37,39)(H,42,43). The number of aliphatic carboxylic acids is 1. The number of para-hydroxylation sites is 1. The fourth-order valence-corrected chi connectivity index (χ4v) is 5.56. The number of aromatic amines is 2. The van der Waals surface area contributed by atoms with Crippen LogP contribution in [0.2, 0.25) is 0 Å². The first-order valence-electron chi connectivity index (χ1n) is 14.3. The van der Waals surface area contributed by atoms with Gasteiger partial charge in [0.15, 0.2) is 0 Å². The van der Waals surface area contributed by atoms with E-state index in [9.17, 15) is 24.3 Å². The van der Waals surface area contributed by atoms with E-state index in [0.717, 1.165) is 22.0 Å². The second-order valence-electron chi connectivity index (χ2n) is 10.8. The zero-order valence-electron chi connectivity index (χ0n) is 23.5. The molecule has 3 heterocycles. The summed E-state index contributed by atoms with van der Waals surface area (Å²) in [6.07, 6.45) is 6.15. The number of H-pyrrole nitrogens is 2. The zero-order valence-corrected chi connectivity index (χ0v) is 23.5. The number of amides is 3. The lowest BCUT2D eigenvalue weighted by Crippen LogP contribution is -2.57. The minimum absolute atomic E-state index is 0.0148. The summed E-state index contributed by atoms with van der Waals surface area (Å²) >= 11 is 0. The van der Waals surface area contributed by atoms with Crippen molar-refractivity contribution in [2.45, 2.75) is 56.3 Å². The molecule has 1 fully saturated rings. The molecule has 224 valence electrons. The average molecular weight is 586 g/mol. The predicted octanol–water partition coefficient (Wildman–Crippen LogP) is 1.29. The summed E-state index contributed by atoms with van der Waals surface area (Å²) in [4.78, 5) is 64.0. The maximum Gasteiger partial charge on any atom is 0.326 e. The number of hydrogen-bond acceptors (Lipinski definition) is 6. The van der Waals surface area contributed by atoms with Crippen molar-refractivity contribution in [2.24, 2.45) is 5.73 Å². The van der Waals surface area contributed by atoms with E-state index in [-0.39, 0.29) is 18.7 Å². The third-order valence-electron chi connectivity index (χ3n) is 7.78. The number of nitrogens with one attached hydrogen (secondary N) is 4. The molecule has 0 spiro atoms. The number of benzene rings is 2. The Labute approximate surface area is 248 Å². The minimum atomic E-state index is -1.25. The molecule has 0 radical (unpaired) electrons. The number of hydrogen-bond donors (Lipinski definition) is 6. The molecule has 12 heteroatoms. The van der Waals surface area contributed by atoms with E-state index in [1.54, 1.807) is 6.20 Å². The van der Waals surface area contributed by atoms with Gasteiger partial charge in [-0.3, -0.25) is 14.4 Å². The maximum atomic E-state index is 13.7. The van der Waals surface area contributed by atoms with E-state index < -0.39 is 42.0 Å². The Balaban J connectivity index is 1.33. The van der Waals surface area contributed by atoms with E-state index in [1.165, 1.54) is 17.4 Å². The Bertz CT molecular complexity index is 1570. The lowest BCUT2D eigenvalue weighted by atomic mass is 10.0. The fourth-order valence-electron chi connectivity index (χ4n) is 5.56. The summed E-state index contributed by atoms with van der Waals surface area (Å²) < 4.78 is 0. The largest absolute Gasteiger partial charge is 0.480 e. The number of carboxylic acid groups (broad SMARTS) is 1. The van der Waals surface area contributed by atoms with Crippen LogP contribution in [0.15, 0.2) is 73.3 Å². The molecule has 1 saturated heterocycles. The third kappa shape index (κ3) is 7.09. The van der Waals surface area contributed by atoms with Gasteiger partial charge < -0.3 is 36.3 Å². The number of carboxylic acids is 1. The number of aromatic nitrogens is 3. The molecule has 2 aromatic carbocycles. The van der Waals surface area contributed by atoms with Gasteiger partial charge in [-0.25, -0.2) is 9.78 Å². The van der Waals surface area contributed by atoms with Crippen molar-refractivity contribution in [1.29, 1.82) is 0 Å². The van der Waals surface area contributed by atoms with Crippen LogP contribution in [0.5, 0.6) is 0 Å². The van der Waals surface area contributed by atoms with Crippen molar-refractivity contribution < 1.29 is 24.3 Å². The van der Waals surface area contributed by atoms with Gasteiger partial charge in [0.1, 0.15) is 18.1 Å². The topological polar surface area (TPSA) is 186 Å². The van der Waals surface area contributed by atoms with Gasteiger partial charge in [0.05, 0.1) is 12.4 Å². The first-order chi connectivity index (χ1) is 20.8. The normalized spacial score (nSPS) is 16.9. The van der Waals surface area contributed by atoms with Crippen LogP contribution in [0.25, 0.3) is 10.9 Å². The van der Waals surface area contributed by atoms with Crippen LogP contribution in [0.1, 0.15) is 29.7 Å². The summed E-state index contributed by atoms with van der Waals surface area (Å²) in [6, 6.07) is 13.0. The van der Waals surface area contributed by atoms with Gasteiger partial charge in [-0.15, -0.1) is 0 Å². The summed E-state index contributed by atoms with van der Waals surface area (Å²) in [5.74, 6) is -2.69. The first kappa shape index (κ1) is 29.5. The van der Waals surface area contributed by atoms with Crippen LogP contribution in [0.3, 0.4) is 0 Å². The zero-order chi connectivity index (χ0) is 30.3. The maximum absolute atomic E-state index is 13.7. The molecule has 4 unspecified atom stereocenters. The summed E-state index contributed by atoms with van der Waals surface area (Å²) in [6.45, 7) is 0.379. The quantitative estimate of drug-likeness (QED) is 0.145. The molecule has 0 bridgehead atoms. The molecule has 4 aromatic rings. The van der Waals surface area contributed by atoms with Gasteiger partial charge in [0.25, 0.3) is 0 Å². The second kappa shape index (κ2) is 13.3. The van der Waals surface area contributed by atoms with Gasteiger partial charge in [-0.05, 0) is 36.5 Å². The number of carbonyl (C=O) groups is 4. The van der Waals surface area contributed by atoms with E-state index in [2.05, 4.69) is 25.6 Å². The van der Waals surface area contributed by atoms with Gasteiger partial charge in [0, 0.05) is 48.4 Å². The van der Waals surface area contributed by atoms with Crippen molar-refractivity contribution in [3.63, 3.8) is 0 Å². The molecule has 1 aliphatic rings. The van der Waals surface area contributed by atoms with Crippen molar-refractivity contribution >= 4 is 34.6 Å². The molecule has 12 nitrogen and oxygen atoms in total. The molecule has 0 saturated carbocycles. The number of rotatable bonds is 12. The van der Waals surface area contributed by atoms with E-state index in [4.69, 9.17) is 5.73 Å². The Kier molecular flexibility index (Phi) is 9.16. The Morgan fingerprint density at radius 1 is 0.977 bits per heavy atom. The highest BCUT2D eigenvalue weighted by atomic mass is 16.4. The number of likely N-dealkylation sites (tertiary alicyclic amines) is 1. The van der Waals surface area contributed by atoms with Crippen molar-refractivity contribution in [1.82, 2.24) is 30.5 Å². The van der Waals surface area contributed by atoms with Gasteiger partial charge in [0.2, 0.25) is 17.7 Å². The number of nitrogens with zero attached hydrogens (tertiary/aromatic N) is 2. The molecule has 43 heavy (non-hydrogen) atoms. The Morgan fingerprint density at radius 3 is 2.49 bits per heavy atom. The first-order valence-corrected chi connectivity index (χ1v) is 14.3.